The summed E-state index contributed by atoms with van der Waals surface area (Å²) >= 11 is 0. The van der Waals surface area contributed by atoms with Gasteiger partial charge in [0.15, 0.2) is 11.5 Å². The van der Waals surface area contributed by atoms with Gasteiger partial charge in [0.25, 0.3) is 0 Å². The van der Waals surface area contributed by atoms with Crippen LogP contribution >= 0.6 is 0 Å². The number of nitrogens with zero attached hydrogens (tertiary/aromatic N) is 1. The van der Waals surface area contributed by atoms with Gasteiger partial charge in [-0.2, -0.15) is 0 Å². The van der Waals surface area contributed by atoms with E-state index < -0.39 is 12.1 Å². The van der Waals surface area contributed by atoms with Gasteiger partial charge in [-0.05, 0) is 72.2 Å². The van der Waals surface area contributed by atoms with Gasteiger partial charge >= 0.3 is 0 Å². The fraction of sp³-hybridized carbons (Fsp3) is 0.405. The van der Waals surface area contributed by atoms with Gasteiger partial charge in [-0.25, -0.2) is 4.98 Å². The number of aryl methyl sites for hydroxylation is 2. The van der Waals surface area contributed by atoms with Crippen LogP contribution in [0.1, 0.15) is 63.0 Å². The molecule has 0 bridgehead atoms. The van der Waals surface area contributed by atoms with Crippen LogP contribution in [0.25, 0.3) is 22.2 Å². The number of methoxy groups -OCH3 is 3. The number of aromatic nitrogens is 2. The first-order valence-corrected chi connectivity index (χ1v) is 16.4. The van der Waals surface area contributed by atoms with E-state index in [1.807, 2.05) is 50.2 Å². The van der Waals surface area contributed by atoms with Gasteiger partial charge in [0.1, 0.15) is 11.9 Å². The van der Waals surface area contributed by atoms with Crippen molar-refractivity contribution in [3.05, 3.63) is 75.7 Å². The number of imidazole rings is 1. The summed E-state index contributed by atoms with van der Waals surface area (Å²) in [6, 6.07) is 13.8. The predicted molar refractivity (Wildman–Crippen MR) is 187 cm³/mol. The number of hydrogen-bond acceptors (Lipinski definition) is 8. The fourth-order valence-corrected chi connectivity index (χ4v) is 6.40. The van der Waals surface area contributed by atoms with Crippen molar-refractivity contribution in [2.45, 2.75) is 65.0 Å². The fourth-order valence-electron chi connectivity index (χ4n) is 6.40. The minimum absolute atomic E-state index is 0.0622. The summed E-state index contributed by atoms with van der Waals surface area (Å²) in [5.41, 5.74) is 4.98. The Bertz CT molecular complexity index is 1820. The third-order valence-corrected chi connectivity index (χ3v) is 9.05. The zero-order valence-corrected chi connectivity index (χ0v) is 28.5. The number of amides is 2. The monoisotopic (exact) mass is 655 g/mol. The summed E-state index contributed by atoms with van der Waals surface area (Å²) in [6.07, 6.45) is 3.28. The minimum atomic E-state index is -0.645. The van der Waals surface area contributed by atoms with Crippen LogP contribution in [-0.2, 0) is 22.4 Å². The van der Waals surface area contributed by atoms with Gasteiger partial charge in [-0.1, -0.05) is 38.5 Å². The molecule has 0 saturated carbocycles. The van der Waals surface area contributed by atoms with Crippen LogP contribution in [-0.4, -0.2) is 55.7 Å². The van der Waals surface area contributed by atoms with E-state index in [0.29, 0.717) is 55.0 Å². The molecule has 3 aromatic carbocycles. The Morgan fingerprint density at radius 2 is 1.81 bits per heavy atom. The second-order valence-corrected chi connectivity index (χ2v) is 12.2. The Labute approximate surface area is 280 Å². The number of carbonyl (C=O) groups excluding carboxylic acids is 2. The molecule has 0 fully saturated rings. The molecule has 1 heterocycles. The minimum Gasteiger partial charge on any atom is -0.493 e. The number of benzene rings is 2. The molecule has 5 rings (SSSR count). The first kappa shape index (κ1) is 34.3. The number of fused-ring (bicyclic) bond motifs is 4. The van der Waals surface area contributed by atoms with Crippen LogP contribution in [0.4, 0.5) is 5.69 Å². The summed E-state index contributed by atoms with van der Waals surface area (Å²) < 4.78 is 17.2. The lowest BCUT2D eigenvalue weighted by molar-refractivity contribution is -0.123. The zero-order valence-electron chi connectivity index (χ0n) is 28.5. The maximum Gasteiger partial charge on any atom is 0.242 e. The molecule has 11 nitrogen and oxygen atoms in total. The molecule has 1 aromatic heterocycles. The number of hydrogen-bond donors (Lipinski definition) is 4. The van der Waals surface area contributed by atoms with E-state index in [9.17, 15) is 14.4 Å². The SMILES string of the molecule is CCC(C)C(Nc1ccc2c(cc1=O)C(NC(C)=O)CCc1cc(OC)c(OC)c(OC)c1-2)C(=O)NCCCc1nc2ccccc2[nH]1. The van der Waals surface area contributed by atoms with Crippen molar-refractivity contribution >= 4 is 28.5 Å². The van der Waals surface area contributed by atoms with Crippen molar-refractivity contribution in [3.63, 3.8) is 0 Å². The summed E-state index contributed by atoms with van der Waals surface area (Å²) in [5, 5.41) is 9.36. The van der Waals surface area contributed by atoms with Crippen molar-refractivity contribution in [1.29, 1.82) is 0 Å². The Balaban J connectivity index is 1.45. The number of para-hydroxylation sites is 2. The number of rotatable bonds is 13. The van der Waals surface area contributed by atoms with Crippen LogP contribution in [0.5, 0.6) is 17.2 Å². The van der Waals surface area contributed by atoms with E-state index in [2.05, 4.69) is 25.9 Å². The number of H-pyrrole nitrogens is 1. The Morgan fingerprint density at radius 1 is 1.04 bits per heavy atom. The molecular formula is C37H45N5O6. The lowest BCUT2D eigenvalue weighted by Crippen LogP contribution is -2.44. The Kier molecular flexibility index (Phi) is 10.9. The van der Waals surface area contributed by atoms with Crippen molar-refractivity contribution < 1.29 is 23.8 Å². The molecule has 0 aliphatic heterocycles. The number of nitrogens with one attached hydrogen (secondary N) is 4. The molecule has 0 saturated heterocycles. The number of aromatic amines is 1. The van der Waals surface area contributed by atoms with Crippen molar-refractivity contribution in [3.8, 4) is 28.4 Å². The molecule has 3 unspecified atom stereocenters. The number of ether oxygens (including phenoxy) is 3. The smallest absolute Gasteiger partial charge is 0.242 e. The van der Waals surface area contributed by atoms with Crippen molar-refractivity contribution in [2.24, 2.45) is 5.92 Å². The van der Waals surface area contributed by atoms with Crippen LogP contribution in [0.2, 0.25) is 0 Å². The van der Waals surface area contributed by atoms with E-state index in [-0.39, 0.29) is 28.8 Å². The average Bonchev–Trinajstić information content (AvgIpc) is 3.36. The highest BCUT2D eigenvalue weighted by atomic mass is 16.5. The van der Waals surface area contributed by atoms with E-state index in [0.717, 1.165) is 40.0 Å². The van der Waals surface area contributed by atoms with Gasteiger partial charge in [0.2, 0.25) is 23.0 Å². The molecule has 2 amide bonds. The van der Waals surface area contributed by atoms with Crippen LogP contribution < -0.4 is 35.6 Å². The standard InChI is InChI=1S/C37H45N5O6/c1-7-21(2)34(37(45)38-18-10-13-32-40-27-11-8-9-12-28(27)41-32)42-29-17-15-24-25(20-30(29)44)26(39-22(3)43)16-14-23-19-31(46-4)35(47-5)36(48-6)33(23)24/h8-9,11-12,15,17,19-21,26,34H,7,10,13-14,16,18H2,1-6H3,(H,38,45)(H,39,43)(H,40,41)(H,42,44). The highest BCUT2D eigenvalue weighted by molar-refractivity contribution is 5.86. The molecule has 11 heteroatoms. The second kappa shape index (κ2) is 15.2. The van der Waals surface area contributed by atoms with Crippen LogP contribution in [0.3, 0.4) is 0 Å². The van der Waals surface area contributed by atoms with Crippen molar-refractivity contribution in [1.82, 2.24) is 20.6 Å². The molecule has 254 valence electrons. The van der Waals surface area contributed by atoms with Gasteiger partial charge in [-0.15, -0.1) is 0 Å². The number of carbonyl (C=O) groups is 2. The van der Waals surface area contributed by atoms with Gasteiger partial charge in [-0.3, -0.25) is 14.4 Å². The summed E-state index contributed by atoms with van der Waals surface area (Å²) in [4.78, 5) is 47.7. The molecule has 1 aliphatic rings. The maximum absolute atomic E-state index is 13.9. The lowest BCUT2D eigenvalue weighted by Gasteiger charge is -2.24. The quantitative estimate of drug-likeness (QED) is 0.142. The Hall–Kier alpha value is -5.06. The second-order valence-electron chi connectivity index (χ2n) is 12.2. The maximum atomic E-state index is 13.9. The molecule has 48 heavy (non-hydrogen) atoms. The zero-order chi connectivity index (χ0) is 34.4. The third kappa shape index (κ3) is 7.25. The largest absolute Gasteiger partial charge is 0.493 e. The lowest BCUT2D eigenvalue weighted by atomic mass is 9.95. The number of anilines is 1. The highest BCUT2D eigenvalue weighted by Crippen LogP contribution is 2.50. The van der Waals surface area contributed by atoms with E-state index in [1.165, 1.54) is 6.92 Å². The first-order chi connectivity index (χ1) is 23.2. The predicted octanol–water partition coefficient (Wildman–Crippen LogP) is 5.31. The molecule has 4 aromatic rings. The normalized spacial score (nSPS) is 14.9. The van der Waals surface area contributed by atoms with E-state index in [1.54, 1.807) is 33.5 Å². The van der Waals surface area contributed by atoms with Gasteiger partial charge in [0.05, 0.1) is 44.1 Å². The summed E-state index contributed by atoms with van der Waals surface area (Å²) in [7, 11) is 4.68. The average molecular weight is 656 g/mol. The molecule has 0 spiro atoms. The molecule has 1 aliphatic carbocycles. The van der Waals surface area contributed by atoms with Crippen molar-refractivity contribution in [2.75, 3.05) is 33.2 Å². The van der Waals surface area contributed by atoms with Gasteiger partial charge < -0.3 is 35.1 Å². The molecule has 4 N–H and O–H groups in total. The molecular weight excluding hydrogens is 610 g/mol. The Morgan fingerprint density at radius 3 is 2.50 bits per heavy atom. The summed E-state index contributed by atoms with van der Waals surface area (Å²) in [6.45, 7) is 5.93. The van der Waals surface area contributed by atoms with Crippen LogP contribution in [0.15, 0.2) is 53.3 Å². The summed E-state index contributed by atoms with van der Waals surface area (Å²) in [5.74, 6) is 1.87. The third-order valence-electron chi connectivity index (χ3n) is 9.05. The van der Waals surface area contributed by atoms with E-state index in [4.69, 9.17) is 14.2 Å². The van der Waals surface area contributed by atoms with E-state index >= 15 is 0 Å². The highest BCUT2D eigenvalue weighted by Gasteiger charge is 2.30. The molecule has 0 radical (unpaired) electrons. The van der Waals surface area contributed by atoms with Gasteiger partial charge in [0, 0.05) is 25.5 Å². The molecule has 3 atom stereocenters. The topological polar surface area (TPSA) is 144 Å². The van der Waals surface area contributed by atoms with Crippen LogP contribution in [0, 0.1) is 5.92 Å². The first-order valence-electron chi connectivity index (χ1n) is 16.4.